The Labute approximate surface area is 287 Å². The van der Waals surface area contributed by atoms with Crippen molar-refractivity contribution in [2.45, 2.75) is 64.5 Å². The third kappa shape index (κ3) is 7.79. The second-order valence-electron chi connectivity index (χ2n) is 12.9. The van der Waals surface area contributed by atoms with Crippen molar-refractivity contribution >= 4 is 54.4 Å². The Balaban J connectivity index is 1.09. The Morgan fingerprint density at radius 1 is 1.10 bits per heavy atom. The molecule has 1 atom stereocenters. The molecule has 0 spiro atoms. The largest absolute Gasteiger partial charge is 0.393 e. The first kappa shape index (κ1) is 35.3. The van der Waals surface area contributed by atoms with E-state index in [2.05, 4.69) is 66.4 Å². The van der Waals surface area contributed by atoms with E-state index in [1.54, 1.807) is 0 Å². The number of likely N-dealkylation sites (tertiary alicyclic amines) is 1. The number of alkyl halides is 3. The predicted molar refractivity (Wildman–Crippen MR) is 185 cm³/mol. The third-order valence-electron chi connectivity index (χ3n) is 9.68. The minimum atomic E-state index is -4.30. The highest BCUT2D eigenvalue weighted by molar-refractivity contribution is 7.87. The van der Waals surface area contributed by atoms with E-state index in [1.165, 1.54) is 23.0 Å². The number of nitrogens with one attached hydrogen (secondary N) is 2. The number of nitrogens with two attached hydrogens (primary N) is 1. The highest BCUT2D eigenvalue weighted by Gasteiger charge is 2.30. The maximum atomic E-state index is 13.0. The number of benzene rings is 1. The Bertz CT molecular complexity index is 1970. The van der Waals surface area contributed by atoms with Gasteiger partial charge in [-0.2, -0.15) is 36.1 Å². The van der Waals surface area contributed by atoms with Gasteiger partial charge in [-0.05, 0) is 56.0 Å². The van der Waals surface area contributed by atoms with Crippen molar-refractivity contribution in [2.24, 2.45) is 0 Å². The van der Waals surface area contributed by atoms with Crippen LogP contribution >= 0.6 is 11.3 Å². The first-order chi connectivity index (χ1) is 23.2. The molecule has 2 fully saturated rings. The molecule has 4 aromatic rings. The third-order valence-corrected chi connectivity index (χ3v) is 12.3. The zero-order chi connectivity index (χ0) is 35.1. The molecule has 5 heterocycles. The van der Waals surface area contributed by atoms with Crippen molar-refractivity contribution in [3.05, 3.63) is 46.0 Å². The molecule has 264 valence electrons. The van der Waals surface area contributed by atoms with Crippen LogP contribution in [0, 0.1) is 18.3 Å². The van der Waals surface area contributed by atoms with Crippen molar-refractivity contribution in [1.29, 1.82) is 5.26 Å². The monoisotopic (exact) mass is 718 g/mol. The van der Waals surface area contributed by atoms with Gasteiger partial charge in [0, 0.05) is 87.3 Å². The summed E-state index contributed by atoms with van der Waals surface area (Å²) in [6.07, 6.45) is -3.66. The van der Waals surface area contributed by atoms with Crippen LogP contribution in [0.5, 0.6) is 0 Å². The van der Waals surface area contributed by atoms with Crippen molar-refractivity contribution in [1.82, 2.24) is 33.4 Å². The van der Waals surface area contributed by atoms with Gasteiger partial charge in [0.25, 0.3) is 10.2 Å². The summed E-state index contributed by atoms with van der Waals surface area (Å²) in [6, 6.07) is 10.3. The van der Waals surface area contributed by atoms with Gasteiger partial charge < -0.3 is 15.6 Å². The van der Waals surface area contributed by atoms with E-state index in [0.717, 1.165) is 60.3 Å². The average Bonchev–Trinajstić information content (AvgIpc) is 3.63. The minimum Gasteiger partial charge on any atom is -0.368 e. The molecule has 0 bridgehead atoms. The van der Waals surface area contributed by atoms with Gasteiger partial charge in [0.2, 0.25) is 5.95 Å². The Morgan fingerprint density at radius 3 is 2.47 bits per heavy atom. The highest BCUT2D eigenvalue weighted by Crippen LogP contribution is 2.34. The van der Waals surface area contributed by atoms with Crippen LogP contribution in [0.4, 0.5) is 24.9 Å². The average molecular weight is 719 g/mol. The summed E-state index contributed by atoms with van der Waals surface area (Å²) in [5.74, 6) is 0.505. The molecule has 1 aromatic carbocycles. The van der Waals surface area contributed by atoms with Gasteiger partial charge in [0.15, 0.2) is 0 Å². The van der Waals surface area contributed by atoms with Crippen molar-refractivity contribution in [3.8, 4) is 6.07 Å². The van der Waals surface area contributed by atoms with Crippen molar-refractivity contribution in [3.63, 3.8) is 0 Å². The maximum absolute atomic E-state index is 13.0. The van der Waals surface area contributed by atoms with Gasteiger partial charge in [0.1, 0.15) is 22.4 Å². The molecule has 3 aromatic heterocycles. The second-order valence-corrected chi connectivity index (χ2v) is 15.9. The topological polar surface area (TPSA) is 148 Å². The number of nitrogens with zero attached hydrogens (tertiary/aromatic N) is 7. The molecule has 0 unspecified atom stereocenters. The molecule has 2 aliphatic heterocycles. The van der Waals surface area contributed by atoms with Crippen LogP contribution in [-0.2, 0) is 29.7 Å². The molecule has 0 aliphatic carbocycles. The number of nitriles is 1. The summed E-state index contributed by atoms with van der Waals surface area (Å²) in [6.45, 7) is 9.31. The standard InChI is InChI=1S/C32H41F3N10O2S2/c1-20(43-10-12-44(13-11-43)49(46,47)38-3)18-45-24(17-36)14-26-21(2)22(4-5-28(26)45)19-42-8-6-23(7-9-42)39-29-27-15-25(16-32(33,34)35)48-30(27)41-31(37)40-29/h4-5,14-15,20,23,38H,6-13,16,18-19H2,1-3H3,(H3,37,39,40,41)/t20-/m0/s1. The van der Waals surface area contributed by atoms with E-state index in [0.29, 0.717) is 54.5 Å². The molecular weight excluding hydrogens is 678 g/mol. The SMILES string of the molecule is CNS(=O)(=O)N1CCN([C@@H](C)Cn2c(C#N)cc3c(C)c(CN4CCC(Nc5nc(N)nc6sc(CC(F)(F)F)cc56)CC4)ccc32)CC1. The summed E-state index contributed by atoms with van der Waals surface area (Å²) >= 11 is 0.990. The maximum Gasteiger partial charge on any atom is 0.393 e. The molecule has 2 aliphatic rings. The summed E-state index contributed by atoms with van der Waals surface area (Å²) in [7, 11) is -2.02. The number of piperidine rings is 1. The number of nitrogen functional groups attached to an aromatic ring is 1. The van der Waals surface area contributed by atoms with Gasteiger partial charge in [-0.3, -0.25) is 9.80 Å². The van der Waals surface area contributed by atoms with E-state index in [4.69, 9.17) is 5.73 Å². The lowest BCUT2D eigenvalue weighted by molar-refractivity contribution is -0.126. The summed E-state index contributed by atoms with van der Waals surface area (Å²) in [5.41, 5.74) is 9.83. The highest BCUT2D eigenvalue weighted by atomic mass is 32.2. The number of anilines is 2. The summed E-state index contributed by atoms with van der Waals surface area (Å²) in [5, 5.41) is 15.1. The molecule has 12 nitrogen and oxygen atoms in total. The first-order valence-corrected chi connectivity index (χ1v) is 18.6. The quantitative estimate of drug-likeness (QED) is 0.221. The van der Waals surface area contributed by atoms with Crippen LogP contribution in [0.1, 0.15) is 41.5 Å². The van der Waals surface area contributed by atoms with E-state index < -0.39 is 22.8 Å². The van der Waals surface area contributed by atoms with Crippen LogP contribution in [-0.4, -0.2) is 102 Å². The summed E-state index contributed by atoms with van der Waals surface area (Å²) < 4.78 is 69.3. The number of halogens is 3. The number of fused-ring (bicyclic) bond motifs is 2. The van der Waals surface area contributed by atoms with Gasteiger partial charge in [-0.25, -0.2) is 9.71 Å². The van der Waals surface area contributed by atoms with E-state index >= 15 is 0 Å². The molecule has 6 rings (SSSR count). The van der Waals surface area contributed by atoms with Crippen molar-refractivity contribution < 1.29 is 21.6 Å². The Hall–Kier alpha value is -3.53. The normalized spacial score (nSPS) is 18.3. The van der Waals surface area contributed by atoms with Crippen LogP contribution in [0.2, 0.25) is 0 Å². The number of rotatable bonds is 10. The van der Waals surface area contributed by atoms with E-state index in [-0.39, 0.29) is 22.9 Å². The molecule has 17 heteroatoms. The van der Waals surface area contributed by atoms with Crippen LogP contribution in [0.3, 0.4) is 0 Å². The fourth-order valence-corrected chi connectivity index (χ4v) is 8.90. The smallest absolute Gasteiger partial charge is 0.368 e. The van der Waals surface area contributed by atoms with Crippen LogP contribution in [0.25, 0.3) is 21.1 Å². The predicted octanol–water partition coefficient (Wildman–Crippen LogP) is 4.06. The van der Waals surface area contributed by atoms with Gasteiger partial charge in [-0.15, -0.1) is 11.3 Å². The second kappa shape index (κ2) is 14.0. The number of aromatic nitrogens is 3. The lowest BCUT2D eigenvalue weighted by atomic mass is 10.0. The van der Waals surface area contributed by atoms with E-state index in [9.17, 15) is 26.9 Å². The minimum absolute atomic E-state index is 0.0298. The first-order valence-electron chi connectivity index (χ1n) is 16.3. The lowest BCUT2D eigenvalue weighted by Crippen LogP contribution is -2.54. The number of thiophene rings is 1. The van der Waals surface area contributed by atoms with Crippen LogP contribution in [0.15, 0.2) is 24.3 Å². The molecule has 4 N–H and O–H groups in total. The molecule has 49 heavy (non-hydrogen) atoms. The zero-order valence-corrected chi connectivity index (χ0v) is 29.4. The number of aryl methyl sites for hydroxylation is 1. The summed E-state index contributed by atoms with van der Waals surface area (Å²) in [4.78, 5) is 13.8. The number of hydrogen-bond acceptors (Lipinski definition) is 10. The number of piperazine rings is 1. The molecule has 2 saturated heterocycles. The molecular formula is C32H41F3N10O2S2. The Kier molecular flexibility index (Phi) is 10.1. The Morgan fingerprint density at radius 2 is 1.82 bits per heavy atom. The molecule has 0 amide bonds. The molecule has 0 saturated carbocycles. The van der Waals surface area contributed by atoms with E-state index in [1.807, 2.05) is 6.07 Å². The fraction of sp³-hybridized carbons (Fsp3) is 0.531. The molecule has 0 radical (unpaired) electrons. The van der Waals surface area contributed by atoms with Crippen LogP contribution < -0.4 is 15.8 Å². The van der Waals surface area contributed by atoms with Gasteiger partial charge >= 0.3 is 6.18 Å². The van der Waals surface area contributed by atoms with Gasteiger partial charge in [-0.1, -0.05) is 6.07 Å². The fourth-order valence-electron chi connectivity index (χ4n) is 6.93. The van der Waals surface area contributed by atoms with Crippen molar-refractivity contribution in [2.75, 3.05) is 57.4 Å². The lowest BCUT2D eigenvalue weighted by Gasteiger charge is -2.37. The van der Waals surface area contributed by atoms with Gasteiger partial charge in [0.05, 0.1) is 11.8 Å². The zero-order valence-electron chi connectivity index (χ0n) is 27.7. The number of hydrogen-bond donors (Lipinski definition) is 3.